The van der Waals surface area contributed by atoms with Gasteiger partial charge in [0.25, 0.3) is 0 Å². The maximum Gasteiger partial charge on any atom is 0.231 e. The van der Waals surface area contributed by atoms with E-state index in [1.54, 1.807) is 32.4 Å². The van der Waals surface area contributed by atoms with E-state index in [4.69, 9.17) is 9.47 Å². The third kappa shape index (κ3) is 3.15. The summed E-state index contributed by atoms with van der Waals surface area (Å²) in [5.41, 5.74) is 1.72. The van der Waals surface area contributed by atoms with E-state index < -0.39 is 0 Å². The molecule has 0 atom stereocenters. The number of methoxy groups -OCH3 is 2. The standard InChI is InChI=1S/C16H18NO3/c1-12-6-8-17(9-7-12)11-15(18)14-5-4-13(19-2)10-16(14)20-3/h4-10H,11H2,1-3H3/q+1. The molecule has 0 aliphatic heterocycles. The summed E-state index contributed by atoms with van der Waals surface area (Å²) in [6.45, 7) is 2.29. The van der Waals surface area contributed by atoms with Gasteiger partial charge in [-0.05, 0) is 24.6 Å². The first-order valence-electron chi connectivity index (χ1n) is 6.35. The largest absolute Gasteiger partial charge is 0.497 e. The Labute approximate surface area is 118 Å². The quantitative estimate of drug-likeness (QED) is 0.618. The van der Waals surface area contributed by atoms with E-state index in [0.29, 0.717) is 17.1 Å². The zero-order valence-electron chi connectivity index (χ0n) is 11.9. The number of carbonyl (C=O) groups excluding carboxylic acids is 1. The third-order valence-electron chi connectivity index (χ3n) is 3.09. The van der Waals surface area contributed by atoms with Crippen LogP contribution >= 0.6 is 0 Å². The molecule has 0 saturated carbocycles. The molecule has 0 radical (unpaired) electrons. The SMILES string of the molecule is COc1ccc(C(=O)C[n+]2ccc(C)cc2)c(OC)c1. The summed E-state index contributed by atoms with van der Waals surface area (Å²) in [5.74, 6) is 1.20. The van der Waals surface area contributed by atoms with Crippen molar-refractivity contribution in [1.82, 2.24) is 0 Å². The summed E-state index contributed by atoms with van der Waals surface area (Å²) >= 11 is 0. The summed E-state index contributed by atoms with van der Waals surface area (Å²) in [4.78, 5) is 12.3. The van der Waals surface area contributed by atoms with E-state index in [1.807, 2.05) is 36.0 Å². The van der Waals surface area contributed by atoms with E-state index in [-0.39, 0.29) is 12.3 Å². The van der Waals surface area contributed by atoms with Crippen molar-refractivity contribution >= 4 is 5.78 Å². The first kappa shape index (κ1) is 14.1. The molecular weight excluding hydrogens is 254 g/mol. The van der Waals surface area contributed by atoms with Gasteiger partial charge in [-0.2, -0.15) is 4.57 Å². The van der Waals surface area contributed by atoms with Gasteiger partial charge in [-0.3, -0.25) is 4.79 Å². The van der Waals surface area contributed by atoms with Gasteiger partial charge in [0.15, 0.2) is 12.4 Å². The average molecular weight is 272 g/mol. The smallest absolute Gasteiger partial charge is 0.231 e. The van der Waals surface area contributed by atoms with Gasteiger partial charge in [0.2, 0.25) is 12.3 Å². The zero-order valence-corrected chi connectivity index (χ0v) is 11.9. The molecule has 0 spiro atoms. The van der Waals surface area contributed by atoms with Crippen LogP contribution in [0.3, 0.4) is 0 Å². The molecule has 0 saturated heterocycles. The maximum absolute atomic E-state index is 12.3. The fourth-order valence-electron chi connectivity index (χ4n) is 1.92. The molecule has 0 unspecified atom stereocenters. The maximum atomic E-state index is 12.3. The Morgan fingerprint density at radius 1 is 1.10 bits per heavy atom. The van der Waals surface area contributed by atoms with Gasteiger partial charge in [0.1, 0.15) is 11.5 Å². The highest BCUT2D eigenvalue weighted by molar-refractivity contribution is 5.97. The topological polar surface area (TPSA) is 39.4 Å². The highest BCUT2D eigenvalue weighted by Crippen LogP contribution is 2.24. The van der Waals surface area contributed by atoms with Gasteiger partial charge in [0.05, 0.1) is 19.8 Å². The number of pyridine rings is 1. The molecular formula is C16H18NO3+. The van der Waals surface area contributed by atoms with Crippen molar-refractivity contribution < 1.29 is 18.8 Å². The van der Waals surface area contributed by atoms with Crippen LogP contribution in [0.1, 0.15) is 15.9 Å². The van der Waals surface area contributed by atoms with Crippen molar-refractivity contribution in [1.29, 1.82) is 0 Å². The van der Waals surface area contributed by atoms with E-state index >= 15 is 0 Å². The van der Waals surface area contributed by atoms with Gasteiger partial charge in [-0.1, -0.05) is 0 Å². The molecule has 2 aromatic rings. The normalized spacial score (nSPS) is 10.2. The van der Waals surface area contributed by atoms with Crippen LogP contribution in [-0.4, -0.2) is 20.0 Å². The molecule has 0 aliphatic carbocycles. The van der Waals surface area contributed by atoms with Crippen molar-refractivity contribution in [3.63, 3.8) is 0 Å². The first-order valence-corrected chi connectivity index (χ1v) is 6.35. The second-order valence-corrected chi connectivity index (χ2v) is 4.54. The number of hydrogen-bond acceptors (Lipinski definition) is 3. The lowest BCUT2D eigenvalue weighted by Gasteiger charge is -2.08. The second-order valence-electron chi connectivity index (χ2n) is 4.54. The lowest BCUT2D eigenvalue weighted by atomic mass is 10.1. The van der Waals surface area contributed by atoms with Crippen molar-refractivity contribution in [3.05, 3.63) is 53.9 Å². The molecule has 104 valence electrons. The van der Waals surface area contributed by atoms with Gasteiger partial charge >= 0.3 is 0 Å². The van der Waals surface area contributed by atoms with Crippen LogP contribution in [0.25, 0.3) is 0 Å². The first-order chi connectivity index (χ1) is 9.63. The molecule has 0 fully saturated rings. The number of carbonyl (C=O) groups is 1. The minimum Gasteiger partial charge on any atom is -0.497 e. The Morgan fingerprint density at radius 3 is 2.40 bits per heavy atom. The number of ketones is 1. The zero-order chi connectivity index (χ0) is 14.5. The van der Waals surface area contributed by atoms with Crippen molar-refractivity contribution in [2.24, 2.45) is 0 Å². The van der Waals surface area contributed by atoms with Crippen LogP contribution in [0.5, 0.6) is 11.5 Å². The van der Waals surface area contributed by atoms with E-state index in [0.717, 1.165) is 5.56 Å². The van der Waals surface area contributed by atoms with Crippen LogP contribution in [-0.2, 0) is 6.54 Å². The minimum atomic E-state index is -0.00152. The number of Topliss-reactive ketones (excluding diaryl/α,β-unsaturated/α-hetero) is 1. The van der Waals surface area contributed by atoms with E-state index in [9.17, 15) is 4.79 Å². The molecule has 4 nitrogen and oxygen atoms in total. The highest BCUT2D eigenvalue weighted by atomic mass is 16.5. The molecule has 0 amide bonds. The molecule has 1 aromatic heterocycles. The molecule has 4 heteroatoms. The summed E-state index contributed by atoms with van der Waals surface area (Å²) < 4.78 is 12.2. The van der Waals surface area contributed by atoms with Crippen molar-refractivity contribution in [2.45, 2.75) is 13.5 Å². The number of rotatable bonds is 5. The average Bonchev–Trinajstić information content (AvgIpc) is 2.48. The van der Waals surface area contributed by atoms with Crippen LogP contribution in [0.4, 0.5) is 0 Å². The summed E-state index contributed by atoms with van der Waals surface area (Å²) in [6, 6.07) is 9.15. The molecule has 0 bridgehead atoms. The Hall–Kier alpha value is -2.36. The number of hydrogen-bond donors (Lipinski definition) is 0. The van der Waals surface area contributed by atoms with Crippen molar-refractivity contribution in [3.8, 4) is 11.5 Å². The predicted octanol–water partition coefficient (Wildman–Crippen LogP) is 2.18. The molecule has 1 heterocycles. The lowest BCUT2D eigenvalue weighted by molar-refractivity contribution is -0.683. The van der Waals surface area contributed by atoms with Crippen LogP contribution in [0.2, 0.25) is 0 Å². The summed E-state index contributed by atoms with van der Waals surface area (Å²) in [6.07, 6.45) is 3.78. The highest BCUT2D eigenvalue weighted by Gasteiger charge is 2.17. The Balaban J connectivity index is 2.22. The molecule has 0 N–H and O–H groups in total. The lowest BCUT2D eigenvalue weighted by Crippen LogP contribution is -2.37. The number of nitrogens with zero attached hydrogens (tertiary/aromatic N) is 1. The van der Waals surface area contributed by atoms with Gasteiger partial charge in [-0.15, -0.1) is 0 Å². The van der Waals surface area contributed by atoms with Crippen LogP contribution < -0.4 is 14.0 Å². The Bertz CT molecular complexity index is 606. The molecule has 0 aliphatic rings. The second kappa shape index (κ2) is 6.19. The van der Waals surface area contributed by atoms with Gasteiger partial charge < -0.3 is 9.47 Å². The van der Waals surface area contributed by atoms with Gasteiger partial charge in [-0.25, -0.2) is 0 Å². The molecule has 2 rings (SSSR count). The Morgan fingerprint density at radius 2 is 1.80 bits per heavy atom. The Kier molecular flexibility index (Phi) is 4.35. The fourth-order valence-corrected chi connectivity index (χ4v) is 1.92. The predicted molar refractivity (Wildman–Crippen MR) is 75.3 cm³/mol. The number of ether oxygens (including phenoxy) is 2. The van der Waals surface area contributed by atoms with Gasteiger partial charge in [0, 0.05) is 18.2 Å². The third-order valence-corrected chi connectivity index (χ3v) is 3.09. The summed E-state index contributed by atoms with van der Waals surface area (Å²) in [7, 11) is 3.13. The van der Waals surface area contributed by atoms with E-state index in [1.165, 1.54) is 0 Å². The van der Waals surface area contributed by atoms with E-state index in [2.05, 4.69) is 0 Å². The number of benzene rings is 1. The van der Waals surface area contributed by atoms with Crippen molar-refractivity contribution in [2.75, 3.05) is 14.2 Å². The van der Waals surface area contributed by atoms with Crippen LogP contribution in [0, 0.1) is 6.92 Å². The molecule has 1 aromatic carbocycles. The fraction of sp³-hybridized carbons (Fsp3) is 0.250. The van der Waals surface area contributed by atoms with Crippen LogP contribution in [0.15, 0.2) is 42.7 Å². The number of aryl methyl sites for hydroxylation is 1. The number of aromatic nitrogens is 1. The minimum absolute atomic E-state index is 0.00152. The summed E-state index contributed by atoms with van der Waals surface area (Å²) in [5, 5.41) is 0. The monoisotopic (exact) mass is 272 g/mol. The molecule has 20 heavy (non-hydrogen) atoms.